The second kappa shape index (κ2) is 5.80. The first-order valence-corrected chi connectivity index (χ1v) is 5.90. The van der Waals surface area contributed by atoms with Gasteiger partial charge in [-0.1, -0.05) is 0 Å². The summed E-state index contributed by atoms with van der Waals surface area (Å²) >= 11 is 4.65. The molecule has 0 spiro atoms. The number of halogens is 3. The molecule has 112 valence electrons. The summed E-state index contributed by atoms with van der Waals surface area (Å²) in [6, 6.07) is 2.61. The van der Waals surface area contributed by atoms with Crippen LogP contribution >= 0.6 is 12.2 Å². The fourth-order valence-corrected chi connectivity index (χ4v) is 1.48. The summed E-state index contributed by atoms with van der Waals surface area (Å²) in [5.41, 5.74) is 4.36. The van der Waals surface area contributed by atoms with E-state index < -0.39 is 18.4 Å². The zero-order valence-corrected chi connectivity index (χ0v) is 11.6. The molecule has 0 radical (unpaired) electrons. The van der Waals surface area contributed by atoms with Crippen LogP contribution in [-0.4, -0.2) is 28.0 Å². The third-order valence-corrected chi connectivity index (χ3v) is 2.26. The number of rotatable bonds is 4. The lowest BCUT2D eigenvalue weighted by Crippen LogP contribution is -2.25. The molecule has 1 rings (SSSR count). The molecule has 0 aromatic carbocycles. The van der Waals surface area contributed by atoms with E-state index in [4.69, 9.17) is 5.73 Å². The summed E-state index contributed by atoms with van der Waals surface area (Å²) in [7, 11) is 0. The monoisotopic (exact) mass is 309 g/mol. The summed E-state index contributed by atoms with van der Waals surface area (Å²) in [5, 5.41) is 12.3. The maximum atomic E-state index is 12.1. The van der Waals surface area contributed by atoms with Crippen LogP contribution < -0.4 is 15.8 Å². The van der Waals surface area contributed by atoms with E-state index in [0.717, 1.165) is 0 Å². The molecule has 0 saturated heterocycles. The molecule has 0 aliphatic rings. The van der Waals surface area contributed by atoms with E-state index >= 15 is 0 Å². The highest BCUT2D eigenvalue weighted by molar-refractivity contribution is 7.80. The zero-order valence-electron chi connectivity index (χ0n) is 10.8. The number of pyridine rings is 1. The Morgan fingerprint density at radius 3 is 2.50 bits per heavy atom. The van der Waals surface area contributed by atoms with Gasteiger partial charge >= 0.3 is 6.18 Å². The van der Waals surface area contributed by atoms with Gasteiger partial charge in [-0.05, 0) is 32.1 Å². The number of hydrogen-bond donors (Lipinski definition) is 3. The molecule has 5 nitrogen and oxygen atoms in total. The average molecular weight is 309 g/mol. The molecule has 1 aromatic rings. The van der Waals surface area contributed by atoms with Gasteiger partial charge in [-0.25, -0.2) is 0 Å². The number of aliphatic hydroxyl groups is 1. The maximum Gasteiger partial charge on any atom is 0.422 e. The van der Waals surface area contributed by atoms with E-state index in [-0.39, 0.29) is 16.8 Å². The largest absolute Gasteiger partial charge is 0.468 e. The number of thiocarbonyl (C=S) groups is 1. The van der Waals surface area contributed by atoms with Crippen molar-refractivity contribution in [3.05, 3.63) is 17.7 Å². The Kier molecular flexibility index (Phi) is 4.77. The number of nitrogens with zero attached hydrogens (tertiary/aromatic N) is 1. The highest BCUT2D eigenvalue weighted by Crippen LogP contribution is 2.28. The normalized spacial score (nSPS) is 12.1. The molecule has 0 saturated carbocycles. The number of aromatic nitrogens is 1. The first kappa shape index (κ1) is 16.4. The van der Waals surface area contributed by atoms with Crippen molar-refractivity contribution in [3.8, 4) is 5.88 Å². The highest BCUT2D eigenvalue weighted by atomic mass is 32.1. The minimum Gasteiger partial charge on any atom is -0.468 e. The van der Waals surface area contributed by atoms with Gasteiger partial charge < -0.3 is 20.9 Å². The molecule has 1 heterocycles. The minimum absolute atomic E-state index is 0.0460. The van der Waals surface area contributed by atoms with Gasteiger partial charge in [0.15, 0.2) is 11.7 Å². The van der Waals surface area contributed by atoms with Crippen molar-refractivity contribution in [1.82, 2.24) is 4.98 Å². The molecule has 0 atom stereocenters. The van der Waals surface area contributed by atoms with Crippen LogP contribution in [0.1, 0.15) is 19.4 Å². The van der Waals surface area contributed by atoms with Gasteiger partial charge in [-0.2, -0.15) is 18.2 Å². The standard InChI is InChI=1S/C11H14F3N3O2S/c1-10(2,18)6-3-4-7(19-5-11(12,13)14)16-8(6)17-9(15)20/h3-4,18H,5H2,1-2H3,(H3,15,16,17,20). The van der Waals surface area contributed by atoms with Crippen LogP contribution in [0.15, 0.2) is 12.1 Å². The van der Waals surface area contributed by atoms with Crippen molar-refractivity contribution in [2.75, 3.05) is 11.9 Å². The second-order valence-corrected chi connectivity index (χ2v) is 4.94. The SMILES string of the molecule is CC(C)(O)c1ccc(OCC(F)(F)F)nc1NC(N)=S. The van der Waals surface area contributed by atoms with Gasteiger partial charge in [0, 0.05) is 11.6 Å². The molecule has 0 fully saturated rings. The smallest absolute Gasteiger partial charge is 0.422 e. The van der Waals surface area contributed by atoms with Gasteiger partial charge in [-0.3, -0.25) is 0 Å². The Bertz CT molecular complexity index is 501. The van der Waals surface area contributed by atoms with Crippen LogP contribution in [0.2, 0.25) is 0 Å². The first-order valence-electron chi connectivity index (χ1n) is 5.49. The molecule has 4 N–H and O–H groups in total. The summed E-state index contributed by atoms with van der Waals surface area (Å²) in [4.78, 5) is 3.82. The van der Waals surface area contributed by atoms with E-state index in [1.54, 1.807) is 0 Å². The van der Waals surface area contributed by atoms with Crippen molar-refractivity contribution >= 4 is 23.1 Å². The van der Waals surface area contributed by atoms with Crippen molar-refractivity contribution in [3.63, 3.8) is 0 Å². The lowest BCUT2D eigenvalue weighted by molar-refractivity contribution is -0.154. The predicted octanol–water partition coefficient (Wildman–Crippen LogP) is 1.91. The third-order valence-electron chi connectivity index (χ3n) is 2.15. The first-order chi connectivity index (χ1) is 8.99. The number of hydrogen-bond acceptors (Lipinski definition) is 4. The van der Waals surface area contributed by atoms with Crippen LogP contribution in [0.4, 0.5) is 19.0 Å². The highest BCUT2D eigenvalue weighted by Gasteiger charge is 2.29. The Balaban J connectivity index is 3.05. The molecule has 0 amide bonds. The van der Waals surface area contributed by atoms with Crippen LogP contribution in [-0.2, 0) is 5.60 Å². The van der Waals surface area contributed by atoms with E-state index in [2.05, 4.69) is 27.3 Å². The summed E-state index contributed by atoms with van der Waals surface area (Å²) < 4.78 is 40.7. The number of nitrogens with two attached hydrogens (primary N) is 1. The van der Waals surface area contributed by atoms with Gasteiger partial charge in [0.2, 0.25) is 5.88 Å². The lowest BCUT2D eigenvalue weighted by Gasteiger charge is -2.21. The predicted molar refractivity (Wildman–Crippen MR) is 71.4 cm³/mol. The fraction of sp³-hybridized carbons (Fsp3) is 0.455. The molecule has 0 aliphatic carbocycles. The lowest BCUT2D eigenvalue weighted by atomic mass is 9.99. The maximum absolute atomic E-state index is 12.1. The zero-order chi connectivity index (χ0) is 15.6. The van der Waals surface area contributed by atoms with E-state index in [1.807, 2.05) is 0 Å². The Hall–Kier alpha value is -1.61. The Morgan fingerprint density at radius 1 is 1.45 bits per heavy atom. The van der Waals surface area contributed by atoms with Crippen molar-refractivity contribution in [2.45, 2.75) is 25.6 Å². The number of nitrogens with one attached hydrogen (secondary N) is 1. The van der Waals surface area contributed by atoms with Crippen LogP contribution in [0.3, 0.4) is 0 Å². The molecule has 1 aromatic heterocycles. The number of anilines is 1. The van der Waals surface area contributed by atoms with E-state index in [1.165, 1.54) is 26.0 Å². The third kappa shape index (κ3) is 5.17. The Morgan fingerprint density at radius 2 is 2.05 bits per heavy atom. The quantitative estimate of drug-likeness (QED) is 0.737. The van der Waals surface area contributed by atoms with Crippen molar-refractivity contribution in [1.29, 1.82) is 0 Å². The van der Waals surface area contributed by atoms with E-state index in [0.29, 0.717) is 5.56 Å². The van der Waals surface area contributed by atoms with Crippen LogP contribution in [0.5, 0.6) is 5.88 Å². The molecule has 0 bridgehead atoms. The molecule has 9 heteroatoms. The molecular weight excluding hydrogens is 295 g/mol. The Labute approximate surface area is 118 Å². The van der Waals surface area contributed by atoms with Crippen molar-refractivity contribution < 1.29 is 23.0 Å². The van der Waals surface area contributed by atoms with Gasteiger partial charge in [0.1, 0.15) is 5.82 Å². The van der Waals surface area contributed by atoms with Gasteiger partial charge in [0.25, 0.3) is 0 Å². The molecule has 0 aliphatic heterocycles. The van der Waals surface area contributed by atoms with Crippen LogP contribution in [0.25, 0.3) is 0 Å². The molecular formula is C11H14F3N3O2S. The fourth-order valence-electron chi connectivity index (χ4n) is 1.38. The summed E-state index contributed by atoms with van der Waals surface area (Å²) in [6.45, 7) is 1.52. The minimum atomic E-state index is -4.46. The second-order valence-electron chi connectivity index (χ2n) is 4.50. The van der Waals surface area contributed by atoms with Crippen molar-refractivity contribution in [2.24, 2.45) is 5.73 Å². The van der Waals surface area contributed by atoms with Gasteiger partial charge in [0.05, 0.1) is 5.60 Å². The number of alkyl halides is 3. The van der Waals surface area contributed by atoms with Gasteiger partial charge in [-0.15, -0.1) is 0 Å². The summed E-state index contributed by atoms with van der Waals surface area (Å²) in [6.07, 6.45) is -4.46. The number of ether oxygens (including phenoxy) is 1. The van der Waals surface area contributed by atoms with E-state index in [9.17, 15) is 18.3 Å². The summed E-state index contributed by atoms with van der Waals surface area (Å²) in [5.74, 6) is -0.209. The topological polar surface area (TPSA) is 80.4 Å². The molecule has 20 heavy (non-hydrogen) atoms. The molecule has 0 unspecified atom stereocenters. The average Bonchev–Trinajstić information content (AvgIpc) is 2.23. The van der Waals surface area contributed by atoms with Crippen LogP contribution in [0, 0.1) is 0 Å².